The fraction of sp³-hybridized carbons (Fsp3) is 0. The van der Waals surface area contributed by atoms with Crippen LogP contribution in [0.5, 0.6) is 0 Å². The van der Waals surface area contributed by atoms with E-state index in [1.54, 1.807) is 6.07 Å². The molecular formula is C10H4ClFLiNO2Se. The maximum absolute atomic E-state index is 13.1. The number of carbonyl (C=O) groups excluding carboxylic acids is 1. The summed E-state index contributed by atoms with van der Waals surface area (Å²) in [6, 6.07) is 4.01. The van der Waals surface area contributed by atoms with E-state index >= 15 is 0 Å². The minimum Gasteiger partial charge on any atom is 1.00 e. The molecule has 1 aromatic heterocycles. The smallest absolute Gasteiger partial charge is 1.00 e. The Hall–Kier alpha value is -0.563. The molecule has 2 aromatic rings. The molecule has 0 atom stereocenters. The second-order valence-electron chi connectivity index (χ2n) is 2.98. The SMILES string of the molecule is O=C([O-])c1cnc(-c2cc(F)cc(Cl)c2)[se]1.[Li+]. The van der Waals surface area contributed by atoms with Crippen LogP contribution in [0, 0.1) is 5.82 Å². The first-order valence-electron chi connectivity index (χ1n) is 4.20. The number of carboxylic acids is 1. The number of nitrogens with zero attached hydrogens (tertiary/aromatic N) is 1. The van der Waals surface area contributed by atoms with E-state index in [1.165, 1.54) is 18.3 Å². The van der Waals surface area contributed by atoms with Crippen molar-refractivity contribution >= 4 is 32.1 Å². The van der Waals surface area contributed by atoms with Gasteiger partial charge in [-0.1, -0.05) is 0 Å². The molecule has 0 N–H and O–H groups in total. The van der Waals surface area contributed by atoms with Crippen LogP contribution in [0.3, 0.4) is 0 Å². The second-order valence-corrected chi connectivity index (χ2v) is 5.57. The first-order chi connectivity index (χ1) is 7.56. The Morgan fingerprint density at radius 3 is 2.65 bits per heavy atom. The summed E-state index contributed by atoms with van der Waals surface area (Å²) in [5, 5.41) is 10.8. The Morgan fingerprint density at radius 2 is 2.12 bits per heavy atom. The summed E-state index contributed by atoms with van der Waals surface area (Å²) in [5.74, 6) is -1.70. The molecule has 0 aliphatic rings. The summed E-state index contributed by atoms with van der Waals surface area (Å²) in [6.45, 7) is 0. The van der Waals surface area contributed by atoms with Gasteiger partial charge in [-0.3, -0.25) is 0 Å². The summed E-state index contributed by atoms with van der Waals surface area (Å²) < 4.78 is 13.7. The van der Waals surface area contributed by atoms with Crippen LogP contribution >= 0.6 is 11.6 Å². The van der Waals surface area contributed by atoms with E-state index in [9.17, 15) is 14.3 Å². The third kappa shape index (κ3) is 3.45. The normalized spacial score (nSPS) is 9.76. The van der Waals surface area contributed by atoms with Gasteiger partial charge in [0.05, 0.1) is 0 Å². The molecule has 0 amide bonds. The molecule has 0 spiro atoms. The molecule has 0 bridgehead atoms. The molecule has 2 rings (SSSR count). The van der Waals surface area contributed by atoms with Crippen LogP contribution in [-0.2, 0) is 0 Å². The number of benzene rings is 1. The predicted molar refractivity (Wildman–Crippen MR) is 55.9 cm³/mol. The fourth-order valence-electron chi connectivity index (χ4n) is 1.18. The number of carbonyl (C=O) groups is 1. The van der Waals surface area contributed by atoms with Gasteiger partial charge in [-0.05, 0) is 0 Å². The van der Waals surface area contributed by atoms with Crippen LogP contribution in [0.2, 0.25) is 5.02 Å². The fourth-order valence-corrected chi connectivity index (χ4v) is 2.95. The van der Waals surface area contributed by atoms with E-state index in [0.717, 1.165) is 0 Å². The Bertz CT molecular complexity index is 541. The number of hydrogen-bond acceptors (Lipinski definition) is 3. The van der Waals surface area contributed by atoms with Gasteiger partial charge in [-0.15, -0.1) is 0 Å². The van der Waals surface area contributed by atoms with Gasteiger partial charge in [0.2, 0.25) is 0 Å². The molecule has 1 heterocycles. The molecule has 17 heavy (non-hydrogen) atoms. The largest absolute Gasteiger partial charge is 1.00 e. The molecule has 0 saturated carbocycles. The maximum atomic E-state index is 13.1. The summed E-state index contributed by atoms with van der Waals surface area (Å²) in [7, 11) is 0. The summed E-state index contributed by atoms with van der Waals surface area (Å²) in [6.07, 6.45) is 1.24. The maximum Gasteiger partial charge on any atom is 1.00 e. The van der Waals surface area contributed by atoms with E-state index in [4.69, 9.17) is 11.6 Å². The van der Waals surface area contributed by atoms with Gasteiger partial charge in [0.15, 0.2) is 0 Å². The second kappa shape index (κ2) is 5.86. The third-order valence-corrected chi connectivity index (χ3v) is 4.19. The zero-order valence-electron chi connectivity index (χ0n) is 8.74. The van der Waals surface area contributed by atoms with Crippen LogP contribution in [-0.4, -0.2) is 25.5 Å². The van der Waals surface area contributed by atoms with E-state index in [1.807, 2.05) is 0 Å². The number of rotatable bonds is 2. The van der Waals surface area contributed by atoms with Crippen LogP contribution in [0.15, 0.2) is 24.4 Å². The first kappa shape index (κ1) is 14.5. The van der Waals surface area contributed by atoms with Crippen molar-refractivity contribution in [3.05, 3.63) is 39.7 Å². The van der Waals surface area contributed by atoms with Crippen molar-refractivity contribution in [1.82, 2.24) is 4.98 Å². The van der Waals surface area contributed by atoms with Crippen molar-refractivity contribution in [3.63, 3.8) is 0 Å². The molecule has 0 aliphatic heterocycles. The van der Waals surface area contributed by atoms with Crippen LogP contribution in [0.1, 0.15) is 9.23 Å². The minimum atomic E-state index is -1.23. The van der Waals surface area contributed by atoms with Crippen molar-refractivity contribution in [2.75, 3.05) is 0 Å². The number of aromatic nitrogens is 1. The van der Waals surface area contributed by atoms with E-state index in [0.29, 0.717) is 10.1 Å². The van der Waals surface area contributed by atoms with Crippen LogP contribution < -0.4 is 24.0 Å². The molecule has 1 aromatic carbocycles. The molecule has 0 saturated heterocycles. The van der Waals surface area contributed by atoms with Gasteiger partial charge in [0, 0.05) is 0 Å². The van der Waals surface area contributed by atoms with Crippen LogP contribution in [0.25, 0.3) is 10.1 Å². The Morgan fingerprint density at radius 1 is 1.41 bits per heavy atom. The Labute approximate surface area is 120 Å². The Kier molecular flexibility index (Phi) is 5.00. The van der Waals surface area contributed by atoms with Crippen molar-refractivity contribution in [1.29, 1.82) is 0 Å². The molecule has 7 heteroatoms. The summed E-state index contributed by atoms with van der Waals surface area (Å²) in [4.78, 5) is 14.5. The van der Waals surface area contributed by atoms with Gasteiger partial charge in [0.1, 0.15) is 0 Å². The number of halogens is 2. The van der Waals surface area contributed by atoms with E-state index < -0.39 is 26.3 Å². The molecular weight excluding hydrogens is 306 g/mol. The number of hydrogen-bond donors (Lipinski definition) is 0. The average molecular weight is 310 g/mol. The van der Waals surface area contributed by atoms with Crippen LogP contribution in [0.4, 0.5) is 4.39 Å². The van der Waals surface area contributed by atoms with Gasteiger partial charge < -0.3 is 0 Å². The average Bonchev–Trinajstić information content (AvgIpc) is 2.64. The predicted octanol–water partition coefficient (Wildman–Crippen LogP) is -2.03. The zero-order valence-corrected chi connectivity index (χ0v) is 11.2. The summed E-state index contributed by atoms with van der Waals surface area (Å²) >= 11 is 5.23. The van der Waals surface area contributed by atoms with Gasteiger partial charge in [0.25, 0.3) is 0 Å². The standard InChI is InChI=1S/C10H5ClFNO2Se.Li/c11-6-1-5(2-7(12)3-6)9-13-4-8(16-9)10(14)15;/h1-4H,(H,14,15);/q;+1/p-1. The molecule has 0 fully saturated rings. The zero-order chi connectivity index (χ0) is 11.7. The molecule has 0 unspecified atom stereocenters. The minimum absolute atomic E-state index is 0. The Balaban J connectivity index is 0.00000144. The van der Waals surface area contributed by atoms with Gasteiger partial charge in [-0.2, -0.15) is 0 Å². The topological polar surface area (TPSA) is 53.0 Å². The first-order valence-corrected chi connectivity index (χ1v) is 6.29. The molecule has 3 nitrogen and oxygen atoms in total. The number of aromatic carboxylic acids is 1. The van der Waals surface area contributed by atoms with Crippen molar-refractivity contribution in [3.8, 4) is 10.1 Å². The number of carboxylic acid groups (broad SMARTS) is 1. The van der Waals surface area contributed by atoms with Crippen molar-refractivity contribution in [2.45, 2.75) is 0 Å². The van der Waals surface area contributed by atoms with E-state index in [-0.39, 0.29) is 28.3 Å². The van der Waals surface area contributed by atoms with Gasteiger partial charge >= 0.3 is 120 Å². The molecule has 0 aliphatic carbocycles. The van der Waals surface area contributed by atoms with E-state index in [2.05, 4.69) is 4.98 Å². The van der Waals surface area contributed by atoms with Crippen molar-refractivity contribution in [2.24, 2.45) is 0 Å². The molecule has 0 radical (unpaired) electrons. The monoisotopic (exact) mass is 311 g/mol. The molecule has 82 valence electrons. The quantitative estimate of drug-likeness (QED) is 0.601. The summed E-state index contributed by atoms with van der Waals surface area (Å²) in [5.41, 5.74) is 0.512. The van der Waals surface area contributed by atoms with Gasteiger partial charge in [-0.25, -0.2) is 0 Å². The van der Waals surface area contributed by atoms with Crippen molar-refractivity contribution < 1.29 is 33.2 Å². The third-order valence-electron chi connectivity index (χ3n) is 1.82.